The molecule has 0 aliphatic heterocycles. The zero-order valence-corrected chi connectivity index (χ0v) is 12.3. The number of nitrogens with two attached hydrogens (primary N) is 1. The minimum atomic E-state index is 0.314. The van der Waals surface area contributed by atoms with E-state index in [2.05, 4.69) is 29.4 Å². The Bertz CT molecular complexity index is 517. The van der Waals surface area contributed by atoms with Crippen molar-refractivity contribution in [2.24, 2.45) is 0 Å². The Labute approximate surface area is 120 Å². The monoisotopic (exact) mass is 273 g/mol. The number of aromatic nitrogens is 4. The predicted octanol–water partition coefficient (Wildman–Crippen LogP) is 3.45. The lowest BCUT2D eigenvalue weighted by Crippen LogP contribution is -2.09. The molecular formula is C15H23N5. The molecular weight excluding hydrogens is 250 g/mol. The third-order valence-corrected chi connectivity index (χ3v) is 3.55. The first-order valence-electron chi connectivity index (χ1n) is 7.36. The molecule has 0 spiro atoms. The summed E-state index contributed by atoms with van der Waals surface area (Å²) in [5.74, 6) is 0.813. The number of nitrogens with zero attached hydrogens (tertiary/aromatic N) is 4. The summed E-state index contributed by atoms with van der Waals surface area (Å²) in [5.41, 5.74) is 7.47. The Balaban J connectivity index is 2.06. The summed E-state index contributed by atoms with van der Waals surface area (Å²) in [4.78, 5) is 0. The van der Waals surface area contributed by atoms with Gasteiger partial charge in [0.1, 0.15) is 0 Å². The normalized spacial score (nSPS) is 12.5. The molecule has 108 valence electrons. The van der Waals surface area contributed by atoms with Crippen LogP contribution in [0.2, 0.25) is 0 Å². The van der Waals surface area contributed by atoms with Crippen LogP contribution in [0, 0.1) is 0 Å². The van der Waals surface area contributed by atoms with Gasteiger partial charge < -0.3 is 5.73 Å². The van der Waals surface area contributed by atoms with Crippen molar-refractivity contribution in [3.63, 3.8) is 0 Å². The Morgan fingerprint density at radius 2 is 1.90 bits per heavy atom. The molecule has 1 unspecified atom stereocenters. The summed E-state index contributed by atoms with van der Waals surface area (Å²) < 4.78 is 1.91. The van der Waals surface area contributed by atoms with E-state index in [0.717, 1.165) is 23.5 Å². The quantitative estimate of drug-likeness (QED) is 0.619. The number of benzene rings is 1. The fourth-order valence-corrected chi connectivity index (χ4v) is 2.30. The second-order valence-corrected chi connectivity index (χ2v) is 5.27. The van der Waals surface area contributed by atoms with Crippen molar-refractivity contribution in [1.82, 2.24) is 20.2 Å². The molecule has 0 bridgehead atoms. The highest BCUT2D eigenvalue weighted by Gasteiger charge is 2.14. The van der Waals surface area contributed by atoms with Crippen LogP contribution in [-0.4, -0.2) is 20.2 Å². The fourth-order valence-electron chi connectivity index (χ4n) is 2.30. The van der Waals surface area contributed by atoms with Gasteiger partial charge in [-0.2, -0.15) is 0 Å². The van der Waals surface area contributed by atoms with Crippen molar-refractivity contribution in [1.29, 1.82) is 0 Å². The van der Waals surface area contributed by atoms with Crippen LogP contribution in [0.25, 0.3) is 11.4 Å². The standard InChI is InChI=1S/C15H23N5/c1-3-4-5-6-7-12(2)20-15(17-18-19-20)13-8-10-14(16)11-9-13/h8-12H,3-7,16H2,1-2H3. The number of hydrogen-bond donors (Lipinski definition) is 1. The lowest BCUT2D eigenvalue weighted by atomic mass is 10.1. The molecule has 1 aromatic carbocycles. The van der Waals surface area contributed by atoms with Crippen molar-refractivity contribution in [2.75, 3.05) is 5.73 Å². The molecule has 5 nitrogen and oxygen atoms in total. The van der Waals surface area contributed by atoms with Gasteiger partial charge >= 0.3 is 0 Å². The van der Waals surface area contributed by atoms with Crippen LogP contribution >= 0.6 is 0 Å². The molecule has 20 heavy (non-hydrogen) atoms. The van der Waals surface area contributed by atoms with E-state index in [1.54, 1.807) is 0 Å². The summed E-state index contributed by atoms with van der Waals surface area (Å²) in [5, 5.41) is 12.1. The third-order valence-electron chi connectivity index (χ3n) is 3.55. The van der Waals surface area contributed by atoms with E-state index >= 15 is 0 Å². The molecule has 2 aromatic rings. The summed E-state index contributed by atoms with van der Waals surface area (Å²) in [6.45, 7) is 4.40. The fraction of sp³-hybridized carbons (Fsp3) is 0.533. The smallest absolute Gasteiger partial charge is 0.182 e. The van der Waals surface area contributed by atoms with E-state index in [1.807, 2.05) is 28.9 Å². The highest BCUT2D eigenvalue weighted by molar-refractivity contribution is 5.58. The van der Waals surface area contributed by atoms with Crippen molar-refractivity contribution >= 4 is 5.69 Å². The molecule has 0 amide bonds. The van der Waals surface area contributed by atoms with Crippen LogP contribution in [0.1, 0.15) is 52.0 Å². The summed E-state index contributed by atoms with van der Waals surface area (Å²) in [6.07, 6.45) is 6.16. The topological polar surface area (TPSA) is 69.6 Å². The third kappa shape index (κ3) is 3.56. The Morgan fingerprint density at radius 1 is 1.15 bits per heavy atom. The highest BCUT2D eigenvalue weighted by atomic mass is 15.5. The average Bonchev–Trinajstić information content (AvgIpc) is 2.93. The molecule has 0 radical (unpaired) electrons. The van der Waals surface area contributed by atoms with Gasteiger partial charge in [0.2, 0.25) is 0 Å². The van der Waals surface area contributed by atoms with E-state index in [0.29, 0.717) is 6.04 Å². The number of anilines is 1. The van der Waals surface area contributed by atoms with Crippen molar-refractivity contribution in [2.45, 2.75) is 52.0 Å². The van der Waals surface area contributed by atoms with Gasteiger partial charge in [-0.05, 0) is 48.0 Å². The van der Waals surface area contributed by atoms with Crippen LogP contribution in [-0.2, 0) is 0 Å². The zero-order valence-electron chi connectivity index (χ0n) is 12.3. The highest BCUT2D eigenvalue weighted by Crippen LogP contribution is 2.23. The first-order chi connectivity index (χ1) is 9.72. The number of rotatable bonds is 7. The second-order valence-electron chi connectivity index (χ2n) is 5.27. The first kappa shape index (κ1) is 14.5. The van der Waals surface area contributed by atoms with Crippen molar-refractivity contribution in [3.8, 4) is 11.4 Å². The van der Waals surface area contributed by atoms with Gasteiger partial charge in [0.15, 0.2) is 5.82 Å². The molecule has 0 saturated heterocycles. The molecule has 2 N–H and O–H groups in total. The summed E-state index contributed by atoms with van der Waals surface area (Å²) >= 11 is 0. The Hall–Kier alpha value is -1.91. The maximum atomic E-state index is 5.71. The number of hydrogen-bond acceptors (Lipinski definition) is 4. The molecule has 1 aromatic heterocycles. The van der Waals surface area contributed by atoms with Gasteiger partial charge in [0, 0.05) is 11.3 Å². The first-order valence-corrected chi connectivity index (χ1v) is 7.36. The van der Waals surface area contributed by atoms with Gasteiger partial charge in [0.05, 0.1) is 6.04 Å². The van der Waals surface area contributed by atoms with Crippen LogP contribution in [0.5, 0.6) is 0 Å². The van der Waals surface area contributed by atoms with E-state index in [4.69, 9.17) is 5.73 Å². The lowest BCUT2D eigenvalue weighted by molar-refractivity contribution is 0.430. The number of nitrogen functional groups attached to an aromatic ring is 1. The number of unbranched alkanes of at least 4 members (excludes halogenated alkanes) is 3. The van der Waals surface area contributed by atoms with E-state index in [9.17, 15) is 0 Å². The largest absolute Gasteiger partial charge is 0.399 e. The average molecular weight is 273 g/mol. The van der Waals surface area contributed by atoms with Gasteiger partial charge in [0.25, 0.3) is 0 Å². The van der Waals surface area contributed by atoms with Gasteiger partial charge in [-0.25, -0.2) is 4.68 Å². The van der Waals surface area contributed by atoms with Gasteiger partial charge in [-0.15, -0.1) is 5.10 Å². The SMILES string of the molecule is CCCCCCC(C)n1nnnc1-c1ccc(N)cc1. The zero-order chi connectivity index (χ0) is 14.4. The van der Waals surface area contributed by atoms with Gasteiger partial charge in [-0.1, -0.05) is 32.6 Å². The van der Waals surface area contributed by atoms with E-state index in [-0.39, 0.29) is 0 Å². The maximum Gasteiger partial charge on any atom is 0.182 e. The minimum absolute atomic E-state index is 0.314. The van der Waals surface area contributed by atoms with Crippen LogP contribution in [0.4, 0.5) is 5.69 Å². The summed E-state index contributed by atoms with van der Waals surface area (Å²) in [6, 6.07) is 7.98. The summed E-state index contributed by atoms with van der Waals surface area (Å²) in [7, 11) is 0. The van der Waals surface area contributed by atoms with Crippen LogP contribution in [0.3, 0.4) is 0 Å². The Kier molecular flexibility index (Phi) is 5.09. The van der Waals surface area contributed by atoms with E-state index in [1.165, 1.54) is 25.7 Å². The maximum absolute atomic E-state index is 5.71. The lowest BCUT2D eigenvalue weighted by Gasteiger charge is -2.13. The Morgan fingerprint density at radius 3 is 2.60 bits per heavy atom. The number of tetrazole rings is 1. The minimum Gasteiger partial charge on any atom is -0.399 e. The molecule has 2 rings (SSSR count). The molecule has 1 atom stereocenters. The van der Waals surface area contributed by atoms with Crippen molar-refractivity contribution < 1.29 is 0 Å². The molecule has 1 heterocycles. The van der Waals surface area contributed by atoms with E-state index < -0.39 is 0 Å². The molecule has 0 fully saturated rings. The molecule has 0 aliphatic rings. The molecule has 0 aliphatic carbocycles. The van der Waals surface area contributed by atoms with Crippen molar-refractivity contribution in [3.05, 3.63) is 24.3 Å². The predicted molar refractivity (Wildman–Crippen MR) is 81.1 cm³/mol. The molecule has 5 heteroatoms. The van der Waals surface area contributed by atoms with Crippen LogP contribution in [0.15, 0.2) is 24.3 Å². The van der Waals surface area contributed by atoms with Gasteiger partial charge in [-0.3, -0.25) is 0 Å². The molecule has 0 saturated carbocycles. The second kappa shape index (κ2) is 7.03. The van der Waals surface area contributed by atoms with Crippen LogP contribution < -0.4 is 5.73 Å².